The summed E-state index contributed by atoms with van der Waals surface area (Å²) in [5.74, 6) is 2.76. The lowest BCUT2D eigenvalue weighted by atomic mass is 9.92. The SMILES string of the molecule is CC1CC(C)CN(c2ncc(CCl)cn2)C1. The van der Waals surface area contributed by atoms with E-state index >= 15 is 0 Å². The minimum Gasteiger partial charge on any atom is -0.340 e. The molecule has 2 atom stereocenters. The number of rotatable bonds is 2. The maximum absolute atomic E-state index is 5.72. The van der Waals surface area contributed by atoms with Gasteiger partial charge in [0, 0.05) is 31.0 Å². The average molecular weight is 240 g/mol. The minimum absolute atomic E-state index is 0.479. The largest absolute Gasteiger partial charge is 0.340 e. The van der Waals surface area contributed by atoms with Crippen LogP contribution >= 0.6 is 11.6 Å². The summed E-state index contributed by atoms with van der Waals surface area (Å²) >= 11 is 5.72. The van der Waals surface area contributed by atoms with E-state index in [0.717, 1.165) is 36.4 Å². The zero-order valence-electron chi connectivity index (χ0n) is 9.86. The summed E-state index contributed by atoms with van der Waals surface area (Å²) in [5, 5.41) is 0. The van der Waals surface area contributed by atoms with Crippen molar-refractivity contribution >= 4 is 17.5 Å². The van der Waals surface area contributed by atoms with E-state index in [1.807, 2.05) is 12.4 Å². The highest BCUT2D eigenvalue weighted by Gasteiger charge is 2.23. The molecule has 0 radical (unpaired) electrons. The van der Waals surface area contributed by atoms with Crippen LogP contribution in [0.4, 0.5) is 5.95 Å². The van der Waals surface area contributed by atoms with Crippen LogP contribution < -0.4 is 4.90 Å². The van der Waals surface area contributed by atoms with Crippen molar-refractivity contribution in [2.24, 2.45) is 11.8 Å². The second-order valence-electron chi connectivity index (χ2n) is 4.88. The highest BCUT2D eigenvalue weighted by atomic mass is 35.5. The van der Waals surface area contributed by atoms with Gasteiger partial charge in [0.1, 0.15) is 0 Å². The second kappa shape index (κ2) is 5.00. The van der Waals surface area contributed by atoms with Crippen molar-refractivity contribution in [2.75, 3.05) is 18.0 Å². The van der Waals surface area contributed by atoms with Gasteiger partial charge in [0.25, 0.3) is 0 Å². The molecule has 1 aromatic heterocycles. The maximum atomic E-state index is 5.72. The molecular weight excluding hydrogens is 222 g/mol. The van der Waals surface area contributed by atoms with Crippen molar-refractivity contribution in [3.05, 3.63) is 18.0 Å². The van der Waals surface area contributed by atoms with Gasteiger partial charge in [-0.15, -0.1) is 11.6 Å². The van der Waals surface area contributed by atoms with Crippen molar-refractivity contribution in [2.45, 2.75) is 26.1 Å². The summed E-state index contributed by atoms with van der Waals surface area (Å²) in [6.07, 6.45) is 4.94. The number of halogens is 1. The predicted octanol–water partition coefficient (Wildman–Crippen LogP) is 2.70. The summed E-state index contributed by atoms with van der Waals surface area (Å²) in [7, 11) is 0. The average Bonchev–Trinajstić information content (AvgIpc) is 2.28. The maximum Gasteiger partial charge on any atom is 0.225 e. The first-order valence-corrected chi connectivity index (χ1v) is 6.34. The van der Waals surface area contributed by atoms with Gasteiger partial charge in [0.2, 0.25) is 5.95 Å². The van der Waals surface area contributed by atoms with Gasteiger partial charge in [-0.05, 0) is 18.3 Å². The molecule has 1 aliphatic heterocycles. The van der Waals surface area contributed by atoms with Gasteiger partial charge < -0.3 is 4.90 Å². The molecule has 1 saturated heterocycles. The highest BCUT2D eigenvalue weighted by molar-refractivity contribution is 6.17. The van der Waals surface area contributed by atoms with Crippen LogP contribution in [0.1, 0.15) is 25.8 Å². The normalized spacial score (nSPS) is 25.8. The Morgan fingerprint density at radius 1 is 1.25 bits per heavy atom. The van der Waals surface area contributed by atoms with Gasteiger partial charge in [-0.1, -0.05) is 13.8 Å². The zero-order valence-corrected chi connectivity index (χ0v) is 10.6. The summed E-state index contributed by atoms with van der Waals surface area (Å²) < 4.78 is 0. The molecule has 4 heteroatoms. The molecule has 2 heterocycles. The van der Waals surface area contributed by atoms with Crippen molar-refractivity contribution in [3.63, 3.8) is 0 Å². The summed E-state index contributed by atoms with van der Waals surface area (Å²) in [6, 6.07) is 0. The lowest BCUT2D eigenvalue weighted by Gasteiger charge is -2.34. The third-order valence-electron chi connectivity index (χ3n) is 3.00. The first-order valence-electron chi connectivity index (χ1n) is 5.81. The number of nitrogens with zero attached hydrogens (tertiary/aromatic N) is 3. The fourth-order valence-corrected chi connectivity index (χ4v) is 2.54. The Balaban J connectivity index is 2.10. The topological polar surface area (TPSA) is 29.0 Å². The van der Waals surface area contributed by atoms with Crippen molar-refractivity contribution < 1.29 is 0 Å². The number of aromatic nitrogens is 2. The molecular formula is C12H18ClN3. The van der Waals surface area contributed by atoms with Crippen molar-refractivity contribution in [3.8, 4) is 0 Å². The molecule has 88 valence electrons. The van der Waals surface area contributed by atoms with E-state index < -0.39 is 0 Å². The smallest absolute Gasteiger partial charge is 0.225 e. The summed E-state index contributed by atoms with van der Waals surface area (Å²) in [6.45, 7) is 6.70. The number of anilines is 1. The third-order valence-corrected chi connectivity index (χ3v) is 3.31. The molecule has 16 heavy (non-hydrogen) atoms. The molecule has 1 aliphatic rings. The Labute approximate surface area is 102 Å². The molecule has 0 saturated carbocycles. The molecule has 0 N–H and O–H groups in total. The van der Waals surface area contributed by atoms with E-state index in [1.165, 1.54) is 6.42 Å². The van der Waals surface area contributed by atoms with E-state index in [0.29, 0.717) is 5.88 Å². The highest BCUT2D eigenvalue weighted by Crippen LogP contribution is 2.23. The van der Waals surface area contributed by atoms with Crippen LogP contribution in [-0.4, -0.2) is 23.1 Å². The van der Waals surface area contributed by atoms with E-state index in [9.17, 15) is 0 Å². The van der Waals surface area contributed by atoms with Gasteiger partial charge in [0.05, 0.1) is 5.88 Å². The third kappa shape index (κ3) is 2.64. The molecule has 0 amide bonds. The predicted molar refractivity (Wildman–Crippen MR) is 66.7 cm³/mol. The molecule has 0 spiro atoms. The quantitative estimate of drug-likeness (QED) is 0.744. The van der Waals surface area contributed by atoms with Gasteiger partial charge in [-0.3, -0.25) is 0 Å². The fraction of sp³-hybridized carbons (Fsp3) is 0.667. The van der Waals surface area contributed by atoms with Gasteiger partial charge >= 0.3 is 0 Å². The first-order chi connectivity index (χ1) is 7.69. The van der Waals surface area contributed by atoms with Crippen LogP contribution in [0, 0.1) is 11.8 Å². The monoisotopic (exact) mass is 239 g/mol. The number of alkyl halides is 1. The van der Waals surface area contributed by atoms with Crippen LogP contribution in [0.3, 0.4) is 0 Å². The Bertz CT molecular complexity index is 329. The number of hydrogen-bond acceptors (Lipinski definition) is 3. The van der Waals surface area contributed by atoms with E-state index in [-0.39, 0.29) is 0 Å². The van der Waals surface area contributed by atoms with E-state index in [1.54, 1.807) is 0 Å². The zero-order chi connectivity index (χ0) is 11.5. The van der Waals surface area contributed by atoms with E-state index in [2.05, 4.69) is 28.7 Å². The lowest BCUT2D eigenvalue weighted by molar-refractivity contribution is 0.353. The molecule has 0 bridgehead atoms. The molecule has 3 nitrogen and oxygen atoms in total. The van der Waals surface area contributed by atoms with E-state index in [4.69, 9.17) is 11.6 Å². The molecule has 0 aliphatic carbocycles. The number of hydrogen-bond donors (Lipinski definition) is 0. The van der Waals surface area contributed by atoms with Gasteiger partial charge in [-0.2, -0.15) is 0 Å². The van der Waals surface area contributed by atoms with Crippen LogP contribution in [0.15, 0.2) is 12.4 Å². The molecule has 2 unspecified atom stereocenters. The molecule has 1 aromatic rings. The second-order valence-corrected chi connectivity index (χ2v) is 5.14. The Morgan fingerprint density at radius 2 is 1.81 bits per heavy atom. The standard InChI is InChI=1S/C12H18ClN3/c1-9-3-10(2)8-16(7-9)12-14-5-11(4-13)6-15-12/h5-6,9-10H,3-4,7-8H2,1-2H3. The first kappa shape index (κ1) is 11.6. The molecule has 1 fully saturated rings. The number of piperidine rings is 1. The van der Waals surface area contributed by atoms with Gasteiger partial charge in [-0.25, -0.2) is 9.97 Å². The summed E-state index contributed by atoms with van der Waals surface area (Å²) in [4.78, 5) is 11.0. The Kier molecular flexibility index (Phi) is 3.64. The van der Waals surface area contributed by atoms with Crippen molar-refractivity contribution in [1.82, 2.24) is 9.97 Å². The van der Waals surface area contributed by atoms with Crippen LogP contribution in [0.5, 0.6) is 0 Å². The van der Waals surface area contributed by atoms with Crippen LogP contribution in [0.2, 0.25) is 0 Å². The van der Waals surface area contributed by atoms with Crippen LogP contribution in [-0.2, 0) is 5.88 Å². The molecule has 2 rings (SSSR count). The van der Waals surface area contributed by atoms with Gasteiger partial charge in [0.15, 0.2) is 0 Å². The van der Waals surface area contributed by atoms with Crippen LogP contribution in [0.25, 0.3) is 0 Å². The fourth-order valence-electron chi connectivity index (χ4n) is 2.41. The molecule has 0 aromatic carbocycles. The Morgan fingerprint density at radius 3 is 2.31 bits per heavy atom. The lowest BCUT2D eigenvalue weighted by Crippen LogP contribution is -2.39. The Hall–Kier alpha value is -0.830. The summed E-state index contributed by atoms with van der Waals surface area (Å²) in [5.41, 5.74) is 0.975. The minimum atomic E-state index is 0.479. The van der Waals surface area contributed by atoms with Crippen molar-refractivity contribution in [1.29, 1.82) is 0 Å².